The van der Waals surface area contributed by atoms with Gasteiger partial charge in [0, 0.05) is 34.4 Å². The Morgan fingerprint density at radius 1 is 1.10 bits per heavy atom. The Bertz CT molecular complexity index is 1100. The van der Waals surface area contributed by atoms with E-state index in [1.807, 2.05) is 41.8 Å². The topological polar surface area (TPSA) is 65.1 Å². The summed E-state index contributed by atoms with van der Waals surface area (Å²) in [5.74, 6) is -0.397. The molecule has 0 spiro atoms. The van der Waals surface area contributed by atoms with Gasteiger partial charge in [-0.15, -0.1) is 11.3 Å². The highest BCUT2D eigenvalue weighted by molar-refractivity contribution is 7.10. The summed E-state index contributed by atoms with van der Waals surface area (Å²) in [6.45, 7) is 0.193. The Balaban J connectivity index is 1.49. The zero-order valence-electron chi connectivity index (χ0n) is 15.7. The van der Waals surface area contributed by atoms with Crippen molar-refractivity contribution in [3.05, 3.63) is 82.3 Å². The molecule has 1 amide bonds. The van der Waals surface area contributed by atoms with Crippen LogP contribution in [0.3, 0.4) is 0 Å². The quantitative estimate of drug-likeness (QED) is 0.411. The molecule has 0 aliphatic carbocycles. The second kappa shape index (κ2) is 8.59. The van der Waals surface area contributed by atoms with E-state index in [1.165, 1.54) is 23.5 Å². The first kappa shape index (κ1) is 19.4. The molecular weight excluding hydrogens is 387 g/mol. The molecule has 2 heterocycles. The third-order valence-electron chi connectivity index (χ3n) is 4.91. The van der Waals surface area contributed by atoms with Crippen LogP contribution >= 0.6 is 11.3 Å². The molecule has 0 radical (unpaired) electrons. The van der Waals surface area contributed by atoms with E-state index < -0.39 is 6.10 Å². The van der Waals surface area contributed by atoms with Crippen LogP contribution in [0.1, 0.15) is 23.0 Å². The van der Waals surface area contributed by atoms with Gasteiger partial charge in [-0.25, -0.2) is 4.39 Å². The van der Waals surface area contributed by atoms with E-state index in [9.17, 15) is 14.3 Å². The average molecular weight is 408 g/mol. The lowest BCUT2D eigenvalue weighted by Gasteiger charge is -2.11. The third-order valence-corrected chi connectivity index (χ3v) is 5.89. The highest BCUT2D eigenvalue weighted by atomic mass is 32.1. The molecular formula is C23H21FN2O2S. The summed E-state index contributed by atoms with van der Waals surface area (Å²) in [6.07, 6.45) is 0.145. The lowest BCUT2D eigenvalue weighted by atomic mass is 10.0. The predicted octanol–water partition coefficient (Wildman–Crippen LogP) is 4.82. The van der Waals surface area contributed by atoms with Gasteiger partial charge in [0.1, 0.15) is 11.9 Å². The number of halogens is 1. The van der Waals surface area contributed by atoms with Crippen LogP contribution < -0.4 is 5.32 Å². The fourth-order valence-electron chi connectivity index (χ4n) is 3.44. The van der Waals surface area contributed by atoms with E-state index in [-0.39, 0.29) is 18.3 Å². The van der Waals surface area contributed by atoms with Crippen molar-refractivity contribution in [2.75, 3.05) is 6.54 Å². The first-order valence-electron chi connectivity index (χ1n) is 9.45. The molecule has 1 unspecified atom stereocenters. The minimum Gasteiger partial charge on any atom is -0.386 e. The number of carbonyl (C=O) groups excluding carboxylic acids is 1. The Morgan fingerprint density at radius 3 is 2.66 bits per heavy atom. The van der Waals surface area contributed by atoms with Gasteiger partial charge < -0.3 is 15.4 Å². The standard InChI is InChI=1S/C23H21FN2O2S/c24-16-9-7-15(8-10-16)23-18(17-4-1-2-5-19(17)26-23)11-12-22(28)25-14-20(27)21-6-3-13-29-21/h1-10,13,20,26-27H,11-12,14H2,(H,25,28). The molecule has 0 bridgehead atoms. The molecule has 4 rings (SSSR count). The number of H-pyrrole nitrogens is 1. The number of aliphatic hydroxyl groups excluding tert-OH is 1. The second-order valence-electron chi connectivity index (χ2n) is 6.87. The Hall–Kier alpha value is -2.96. The second-order valence-corrected chi connectivity index (χ2v) is 7.85. The fraction of sp³-hybridized carbons (Fsp3) is 0.174. The molecule has 0 saturated heterocycles. The number of aromatic nitrogens is 1. The number of fused-ring (bicyclic) bond motifs is 1. The van der Waals surface area contributed by atoms with Crippen molar-refractivity contribution in [1.82, 2.24) is 10.3 Å². The molecule has 4 aromatic rings. The Labute approximate surface area is 172 Å². The van der Waals surface area contributed by atoms with Crippen LogP contribution in [-0.2, 0) is 11.2 Å². The number of carbonyl (C=O) groups is 1. The number of para-hydroxylation sites is 1. The summed E-state index contributed by atoms with van der Waals surface area (Å²) in [5.41, 5.74) is 3.79. The third kappa shape index (κ3) is 4.39. The van der Waals surface area contributed by atoms with Crippen molar-refractivity contribution in [3.63, 3.8) is 0 Å². The van der Waals surface area contributed by atoms with E-state index in [4.69, 9.17) is 0 Å². The molecule has 6 heteroatoms. The number of benzene rings is 2. The Kier molecular flexibility index (Phi) is 5.74. The van der Waals surface area contributed by atoms with Gasteiger partial charge in [-0.2, -0.15) is 0 Å². The van der Waals surface area contributed by atoms with E-state index in [0.29, 0.717) is 12.8 Å². The highest BCUT2D eigenvalue weighted by Gasteiger charge is 2.15. The monoisotopic (exact) mass is 408 g/mol. The van der Waals surface area contributed by atoms with E-state index in [1.54, 1.807) is 12.1 Å². The maximum atomic E-state index is 13.3. The minimum absolute atomic E-state index is 0.115. The number of aromatic amines is 1. The van der Waals surface area contributed by atoms with Gasteiger partial charge in [-0.3, -0.25) is 4.79 Å². The van der Waals surface area contributed by atoms with Crippen molar-refractivity contribution in [3.8, 4) is 11.3 Å². The molecule has 0 aliphatic rings. The molecule has 0 fully saturated rings. The van der Waals surface area contributed by atoms with Crippen molar-refractivity contribution in [2.45, 2.75) is 18.9 Å². The molecule has 3 N–H and O–H groups in total. The zero-order chi connectivity index (χ0) is 20.2. The van der Waals surface area contributed by atoms with Crippen LogP contribution in [0.4, 0.5) is 4.39 Å². The molecule has 29 heavy (non-hydrogen) atoms. The number of amides is 1. The van der Waals surface area contributed by atoms with E-state index >= 15 is 0 Å². The smallest absolute Gasteiger partial charge is 0.220 e. The summed E-state index contributed by atoms with van der Waals surface area (Å²) in [7, 11) is 0. The van der Waals surface area contributed by atoms with Gasteiger partial charge in [0.15, 0.2) is 0 Å². The van der Waals surface area contributed by atoms with Gasteiger partial charge in [-0.1, -0.05) is 24.3 Å². The predicted molar refractivity (Wildman–Crippen MR) is 114 cm³/mol. The maximum absolute atomic E-state index is 13.3. The van der Waals surface area contributed by atoms with Gasteiger partial charge in [0.05, 0.1) is 0 Å². The number of thiophene rings is 1. The molecule has 0 saturated carbocycles. The SMILES string of the molecule is O=C(CCc1c(-c2ccc(F)cc2)[nH]c2ccccc12)NCC(O)c1cccs1. The lowest BCUT2D eigenvalue weighted by molar-refractivity contribution is -0.121. The number of nitrogens with one attached hydrogen (secondary N) is 2. The van der Waals surface area contributed by atoms with E-state index in [2.05, 4.69) is 10.3 Å². The summed E-state index contributed by atoms with van der Waals surface area (Å²) >= 11 is 1.46. The van der Waals surface area contributed by atoms with Crippen LogP contribution in [0.2, 0.25) is 0 Å². The number of aliphatic hydroxyl groups is 1. The van der Waals surface area contributed by atoms with Crippen molar-refractivity contribution < 1.29 is 14.3 Å². The fourth-order valence-corrected chi connectivity index (χ4v) is 4.15. The first-order chi connectivity index (χ1) is 14.1. The van der Waals surface area contributed by atoms with E-state index in [0.717, 1.165) is 32.6 Å². The van der Waals surface area contributed by atoms with Crippen LogP contribution in [0.25, 0.3) is 22.2 Å². The lowest BCUT2D eigenvalue weighted by Crippen LogP contribution is -2.28. The van der Waals surface area contributed by atoms with Gasteiger partial charge in [-0.05, 0) is 59.3 Å². The number of aryl methyl sites for hydroxylation is 1. The van der Waals surface area contributed by atoms with Crippen LogP contribution in [0.5, 0.6) is 0 Å². The molecule has 148 valence electrons. The summed E-state index contributed by atoms with van der Waals surface area (Å²) in [6, 6.07) is 18.0. The van der Waals surface area contributed by atoms with Gasteiger partial charge in [0.25, 0.3) is 0 Å². The summed E-state index contributed by atoms with van der Waals surface area (Å²) < 4.78 is 13.3. The maximum Gasteiger partial charge on any atom is 0.220 e. The van der Waals surface area contributed by atoms with Crippen LogP contribution in [0, 0.1) is 5.82 Å². The normalized spacial score (nSPS) is 12.2. The highest BCUT2D eigenvalue weighted by Crippen LogP contribution is 2.31. The minimum atomic E-state index is -0.693. The number of hydrogen-bond donors (Lipinski definition) is 3. The largest absolute Gasteiger partial charge is 0.386 e. The van der Waals surface area contributed by atoms with Gasteiger partial charge in [0.2, 0.25) is 5.91 Å². The molecule has 4 nitrogen and oxygen atoms in total. The average Bonchev–Trinajstić information content (AvgIpc) is 3.39. The number of hydrogen-bond acceptors (Lipinski definition) is 3. The first-order valence-corrected chi connectivity index (χ1v) is 10.3. The molecule has 2 aromatic carbocycles. The molecule has 0 aliphatic heterocycles. The zero-order valence-corrected chi connectivity index (χ0v) is 16.5. The van der Waals surface area contributed by atoms with Crippen LogP contribution in [0.15, 0.2) is 66.0 Å². The Morgan fingerprint density at radius 2 is 1.90 bits per heavy atom. The van der Waals surface area contributed by atoms with Crippen molar-refractivity contribution in [1.29, 1.82) is 0 Å². The van der Waals surface area contributed by atoms with Crippen LogP contribution in [-0.4, -0.2) is 22.5 Å². The molecule has 1 atom stereocenters. The number of rotatable bonds is 7. The summed E-state index contributed by atoms with van der Waals surface area (Å²) in [5, 5.41) is 15.9. The van der Waals surface area contributed by atoms with Crippen molar-refractivity contribution >= 4 is 28.1 Å². The summed E-state index contributed by atoms with van der Waals surface area (Å²) in [4.78, 5) is 16.6. The van der Waals surface area contributed by atoms with Gasteiger partial charge >= 0.3 is 0 Å². The molecule has 2 aromatic heterocycles. The van der Waals surface area contributed by atoms with Crippen molar-refractivity contribution in [2.24, 2.45) is 0 Å².